The Balaban J connectivity index is 2.61. The van der Waals surface area contributed by atoms with E-state index < -0.39 is 11.5 Å². The Morgan fingerprint density at radius 1 is 1.32 bits per heavy atom. The second-order valence-electron chi connectivity index (χ2n) is 5.21. The van der Waals surface area contributed by atoms with Gasteiger partial charge in [-0.05, 0) is 49.4 Å². The standard InChI is InChI=1S/C15H17NO3/c1-10-7-12(8-13(11(10)2)14(18)19)15(16-9-17)5-3-4-6-15/h7-8H,3-6H2,1-2H3,(H,18,19). The SMILES string of the molecule is Cc1cc(C2(N=C=O)CCCC2)cc(C(=O)O)c1C. The average molecular weight is 259 g/mol. The van der Waals surface area contributed by atoms with Crippen molar-refractivity contribution in [2.75, 3.05) is 0 Å². The number of isocyanates is 1. The quantitative estimate of drug-likeness (QED) is 0.670. The number of carbonyl (C=O) groups is 1. The van der Waals surface area contributed by atoms with E-state index in [9.17, 15) is 14.7 Å². The minimum Gasteiger partial charge on any atom is -0.478 e. The second-order valence-corrected chi connectivity index (χ2v) is 5.21. The molecule has 4 heteroatoms. The monoisotopic (exact) mass is 259 g/mol. The molecule has 1 aromatic carbocycles. The highest BCUT2D eigenvalue weighted by Crippen LogP contribution is 2.43. The molecule has 0 heterocycles. The lowest BCUT2D eigenvalue weighted by Crippen LogP contribution is -2.20. The van der Waals surface area contributed by atoms with E-state index in [0.29, 0.717) is 5.56 Å². The largest absolute Gasteiger partial charge is 0.478 e. The molecule has 0 amide bonds. The number of hydrogen-bond acceptors (Lipinski definition) is 3. The Morgan fingerprint density at radius 2 is 1.95 bits per heavy atom. The zero-order valence-electron chi connectivity index (χ0n) is 11.2. The van der Waals surface area contributed by atoms with Gasteiger partial charge in [-0.15, -0.1) is 0 Å². The van der Waals surface area contributed by atoms with Crippen LogP contribution < -0.4 is 0 Å². The van der Waals surface area contributed by atoms with E-state index in [1.54, 1.807) is 19.1 Å². The summed E-state index contributed by atoms with van der Waals surface area (Å²) < 4.78 is 0. The molecule has 0 spiro atoms. The van der Waals surface area contributed by atoms with Gasteiger partial charge < -0.3 is 5.11 Å². The van der Waals surface area contributed by atoms with Crippen molar-refractivity contribution in [3.8, 4) is 0 Å². The molecule has 0 aliphatic heterocycles. The first-order valence-corrected chi connectivity index (χ1v) is 6.44. The molecule has 1 aliphatic rings. The molecule has 0 saturated heterocycles. The van der Waals surface area contributed by atoms with Crippen LogP contribution >= 0.6 is 0 Å². The van der Waals surface area contributed by atoms with Crippen LogP contribution in [-0.2, 0) is 10.3 Å². The number of nitrogens with zero attached hydrogens (tertiary/aromatic N) is 1. The fourth-order valence-electron chi connectivity index (χ4n) is 2.86. The minimum absolute atomic E-state index is 0.294. The van der Waals surface area contributed by atoms with Gasteiger partial charge in [0.25, 0.3) is 0 Å². The van der Waals surface area contributed by atoms with E-state index in [2.05, 4.69) is 4.99 Å². The van der Waals surface area contributed by atoms with E-state index in [4.69, 9.17) is 0 Å². The molecule has 1 fully saturated rings. The molecule has 100 valence electrons. The van der Waals surface area contributed by atoms with Crippen LogP contribution in [0, 0.1) is 13.8 Å². The van der Waals surface area contributed by atoms with Crippen molar-refractivity contribution in [3.05, 3.63) is 34.4 Å². The maximum Gasteiger partial charge on any atom is 0.335 e. The van der Waals surface area contributed by atoms with Crippen LogP contribution in [0.25, 0.3) is 0 Å². The Hall–Kier alpha value is -1.93. The van der Waals surface area contributed by atoms with Crippen molar-refractivity contribution in [2.45, 2.75) is 45.1 Å². The van der Waals surface area contributed by atoms with E-state index in [0.717, 1.165) is 42.4 Å². The number of carbonyl (C=O) groups excluding carboxylic acids is 1. The van der Waals surface area contributed by atoms with Gasteiger partial charge in [-0.3, -0.25) is 0 Å². The summed E-state index contributed by atoms with van der Waals surface area (Å²) in [7, 11) is 0. The van der Waals surface area contributed by atoms with E-state index in [1.165, 1.54) is 0 Å². The Kier molecular flexibility index (Phi) is 3.54. The molecule has 2 rings (SSSR count). The predicted molar refractivity (Wildman–Crippen MR) is 71.1 cm³/mol. The average Bonchev–Trinajstić information content (AvgIpc) is 2.82. The van der Waals surface area contributed by atoms with E-state index in [-0.39, 0.29) is 0 Å². The summed E-state index contributed by atoms with van der Waals surface area (Å²) in [4.78, 5) is 26.0. The van der Waals surface area contributed by atoms with Gasteiger partial charge in [-0.25, -0.2) is 9.59 Å². The van der Waals surface area contributed by atoms with Crippen molar-refractivity contribution in [1.29, 1.82) is 0 Å². The third-order valence-corrected chi connectivity index (χ3v) is 4.13. The molecule has 19 heavy (non-hydrogen) atoms. The lowest BCUT2D eigenvalue weighted by molar-refractivity contribution is 0.0695. The number of carboxylic acid groups (broad SMARTS) is 1. The van der Waals surface area contributed by atoms with Crippen molar-refractivity contribution >= 4 is 12.0 Å². The molecule has 1 N–H and O–H groups in total. The van der Waals surface area contributed by atoms with Crippen molar-refractivity contribution in [1.82, 2.24) is 0 Å². The molecule has 0 bridgehead atoms. The molecule has 1 saturated carbocycles. The Labute approximate surface area is 112 Å². The molecule has 0 atom stereocenters. The summed E-state index contributed by atoms with van der Waals surface area (Å²) in [5.41, 5.74) is 2.24. The van der Waals surface area contributed by atoms with Gasteiger partial charge in [0.1, 0.15) is 0 Å². The maximum atomic E-state index is 11.3. The molecule has 1 aromatic rings. The predicted octanol–water partition coefficient (Wildman–Crippen LogP) is 3.11. The van der Waals surface area contributed by atoms with Gasteiger partial charge in [0.15, 0.2) is 0 Å². The summed E-state index contributed by atoms with van der Waals surface area (Å²) in [6.07, 6.45) is 5.22. The number of benzene rings is 1. The van der Waals surface area contributed by atoms with Crippen LogP contribution in [-0.4, -0.2) is 17.2 Å². The zero-order chi connectivity index (χ0) is 14.0. The highest BCUT2D eigenvalue weighted by Gasteiger charge is 2.36. The number of rotatable bonds is 3. The van der Waals surface area contributed by atoms with Gasteiger partial charge >= 0.3 is 5.97 Å². The summed E-state index contributed by atoms with van der Waals surface area (Å²) in [6, 6.07) is 3.62. The van der Waals surface area contributed by atoms with Crippen LogP contribution in [0.15, 0.2) is 17.1 Å². The summed E-state index contributed by atoms with van der Waals surface area (Å²) >= 11 is 0. The number of hydrogen-bond donors (Lipinski definition) is 1. The maximum absolute atomic E-state index is 11.3. The zero-order valence-corrected chi connectivity index (χ0v) is 11.2. The fraction of sp³-hybridized carbons (Fsp3) is 0.467. The van der Waals surface area contributed by atoms with Gasteiger partial charge in [-0.1, -0.05) is 18.9 Å². The van der Waals surface area contributed by atoms with E-state index in [1.807, 2.05) is 13.0 Å². The first-order valence-electron chi connectivity index (χ1n) is 6.44. The van der Waals surface area contributed by atoms with Gasteiger partial charge in [0.2, 0.25) is 6.08 Å². The second kappa shape index (κ2) is 4.98. The van der Waals surface area contributed by atoms with Crippen molar-refractivity contribution < 1.29 is 14.7 Å². The first kappa shape index (κ1) is 13.5. The highest BCUT2D eigenvalue weighted by atomic mass is 16.4. The third-order valence-electron chi connectivity index (χ3n) is 4.13. The summed E-state index contributed by atoms with van der Waals surface area (Å²) in [5.74, 6) is -0.939. The van der Waals surface area contributed by atoms with Gasteiger partial charge in [-0.2, -0.15) is 4.99 Å². The summed E-state index contributed by atoms with van der Waals surface area (Å²) in [6.45, 7) is 3.69. The minimum atomic E-state index is -0.939. The van der Waals surface area contributed by atoms with Gasteiger partial charge in [0.05, 0.1) is 11.1 Å². The molecular weight excluding hydrogens is 242 g/mol. The molecule has 0 radical (unpaired) electrons. The van der Waals surface area contributed by atoms with Crippen molar-refractivity contribution in [2.24, 2.45) is 4.99 Å². The number of carboxylic acids is 1. The van der Waals surface area contributed by atoms with Crippen LogP contribution in [0.4, 0.5) is 0 Å². The number of aromatic carboxylic acids is 1. The molecule has 0 unspecified atom stereocenters. The fourth-order valence-corrected chi connectivity index (χ4v) is 2.86. The topological polar surface area (TPSA) is 66.7 Å². The Bertz CT molecular complexity index is 565. The third kappa shape index (κ3) is 2.32. The Morgan fingerprint density at radius 3 is 2.47 bits per heavy atom. The number of aryl methyl sites for hydroxylation is 1. The van der Waals surface area contributed by atoms with Crippen LogP contribution in [0.3, 0.4) is 0 Å². The normalized spacial score (nSPS) is 16.9. The van der Waals surface area contributed by atoms with Gasteiger partial charge in [0, 0.05) is 0 Å². The molecule has 4 nitrogen and oxygen atoms in total. The molecule has 1 aliphatic carbocycles. The van der Waals surface area contributed by atoms with Crippen LogP contribution in [0.2, 0.25) is 0 Å². The smallest absolute Gasteiger partial charge is 0.335 e. The first-order chi connectivity index (χ1) is 9.00. The molecular formula is C15H17NO3. The van der Waals surface area contributed by atoms with E-state index >= 15 is 0 Å². The lowest BCUT2D eigenvalue weighted by atomic mass is 9.85. The van der Waals surface area contributed by atoms with Crippen LogP contribution in [0.1, 0.15) is 52.7 Å². The van der Waals surface area contributed by atoms with Crippen LogP contribution in [0.5, 0.6) is 0 Å². The lowest BCUT2D eigenvalue weighted by Gasteiger charge is -2.24. The van der Waals surface area contributed by atoms with Crippen molar-refractivity contribution in [3.63, 3.8) is 0 Å². The summed E-state index contributed by atoms with van der Waals surface area (Å²) in [5, 5.41) is 9.26. The highest BCUT2D eigenvalue weighted by molar-refractivity contribution is 5.90. The molecule has 0 aromatic heterocycles. The number of aliphatic imine (C=N–C) groups is 1.